The standard InChI is InChI=1S/C31H33F2N5O7S/c32-30(33)46-25-11-5-4-10-23(25)28(40)37-24(29(41)42)16-36-27(39)19-44-22-14-21(15-35-26-12-6-7-13-34-26)38(17-22)31(43)45-18-20-8-2-1-3-9-20/h1-13,21-22,24,30H,14-19H2,(H,34,35)(H,36,39)(H,37,40)(H,41,42)/t21-,22+,24?/m0/s1. The van der Waals surface area contributed by atoms with E-state index in [-0.39, 0.29) is 41.4 Å². The average Bonchev–Trinajstić information content (AvgIpc) is 3.47. The molecule has 3 atom stereocenters. The predicted molar refractivity (Wildman–Crippen MR) is 164 cm³/mol. The van der Waals surface area contributed by atoms with E-state index < -0.39 is 54.9 Å². The molecule has 1 aliphatic heterocycles. The lowest BCUT2D eigenvalue weighted by Crippen LogP contribution is -2.49. The van der Waals surface area contributed by atoms with Gasteiger partial charge in [-0.1, -0.05) is 60.3 Å². The molecule has 46 heavy (non-hydrogen) atoms. The lowest BCUT2D eigenvalue weighted by atomic mass is 10.2. The molecule has 0 radical (unpaired) electrons. The zero-order valence-corrected chi connectivity index (χ0v) is 25.3. The van der Waals surface area contributed by atoms with E-state index in [0.29, 0.717) is 18.8 Å². The normalized spacial score (nSPS) is 16.5. The van der Waals surface area contributed by atoms with Gasteiger partial charge in [0.2, 0.25) is 5.91 Å². The van der Waals surface area contributed by atoms with Gasteiger partial charge in [0.15, 0.2) is 0 Å². The van der Waals surface area contributed by atoms with Crippen LogP contribution in [-0.2, 0) is 25.7 Å². The summed E-state index contributed by atoms with van der Waals surface area (Å²) in [5.41, 5.74) is 0.712. The van der Waals surface area contributed by atoms with E-state index in [4.69, 9.17) is 9.47 Å². The predicted octanol–water partition coefficient (Wildman–Crippen LogP) is 3.60. The van der Waals surface area contributed by atoms with Crippen LogP contribution in [0.4, 0.5) is 19.4 Å². The number of carbonyl (C=O) groups is 4. The van der Waals surface area contributed by atoms with E-state index in [0.717, 1.165) is 5.56 Å². The zero-order valence-electron chi connectivity index (χ0n) is 24.5. The third-order valence-corrected chi connectivity index (χ3v) is 7.69. The van der Waals surface area contributed by atoms with E-state index in [1.54, 1.807) is 18.3 Å². The molecule has 2 heterocycles. The van der Waals surface area contributed by atoms with Crippen molar-refractivity contribution in [3.8, 4) is 0 Å². The molecule has 0 aliphatic carbocycles. The number of thioether (sulfide) groups is 1. The Kier molecular flexibility index (Phi) is 12.7. The summed E-state index contributed by atoms with van der Waals surface area (Å²) in [4.78, 5) is 55.8. The zero-order chi connectivity index (χ0) is 32.9. The van der Waals surface area contributed by atoms with Crippen LogP contribution in [0.5, 0.6) is 0 Å². The molecule has 1 fully saturated rings. The number of ether oxygens (including phenoxy) is 2. The van der Waals surface area contributed by atoms with Crippen molar-refractivity contribution in [3.63, 3.8) is 0 Å². The Labute approximate surface area is 267 Å². The number of halogens is 2. The number of carboxylic acids is 1. The number of amides is 3. The number of carbonyl (C=O) groups excluding carboxylic acids is 3. The smallest absolute Gasteiger partial charge is 0.410 e. The number of aromatic nitrogens is 1. The van der Waals surface area contributed by atoms with Crippen molar-refractivity contribution >= 4 is 41.5 Å². The van der Waals surface area contributed by atoms with E-state index in [1.807, 2.05) is 36.4 Å². The molecular weight excluding hydrogens is 624 g/mol. The van der Waals surface area contributed by atoms with Gasteiger partial charge in [-0.05, 0) is 36.2 Å². The maximum Gasteiger partial charge on any atom is 0.410 e. The van der Waals surface area contributed by atoms with Crippen LogP contribution in [0.15, 0.2) is 83.9 Å². The summed E-state index contributed by atoms with van der Waals surface area (Å²) in [6.07, 6.45) is 0.960. The first-order valence-electron chi connectivity index (χ1n) is 14.3. The fourth-order valence-electron chi connectivity index (χ4n) is 4.65. The first kappa shape index (κ1) is 34.1. The summed E-state index contributed by atoms with van der Waals surface area (Å²) in [5.74, 6) is -5.11. The van der Waals surface area contributed by atoms with Crippen molar-refractivity contribution in [2.75, 3.05) is 31.6 Å². The topological polar surface area (TPSA) is 159 Å². The van der Waals surface area contributed by atoms with Crippen LogP contribution in [0.2, 0.25) is 0 Å². The largest absolute Gasteiger partial charge is 0.480 e. The van der Waals surface area contributed by atoms with Crippen molar-refractivity contribution in [1.29, 1.82) is 0 Å². The van der Waals surface area contributed by atoms with Crippen LogP contribution >= 0.6 is 11.8 Å². The number of nitrogens with one attached hydrogen (secondary N) is 3. The van der Waals surface area contributed by atoms with Gasteiger partial charge in [0.25, 0.3) is 11.7 Å². The SMILES string of the molecule is O=C(CO[C@@H]1C[C@@H](CNc2ccccn2)N(C(=O)OCc2ccccc2)C1)NCC(NC(=O)c1ccccc1SC(F)F)C(=O)O. The molecule has 0 spiro atoms. The van der Waals surface area contributed by atoms with Crippen LogP contribution in [0.3, 0.4) is 0 Å². The molecular formula is C31H33F2N5O7S. The third-order valence-electron chi connectivity index (χ3n) is 6.90. The number of likely N-dealkylation sites (tertiary alicyclic amines) is 1. The molecule has 4 rings (SSSR count). The molecule has 0 saturated carbocycles. The fourth-order valence-corrected chi connectivity index (χ4v) is 5.29. The number of anilines is 1. The minimum Gasteiger partial charge on any atom is -0.480 e. The van der Waals surface area contributed by atoms with E-state index in [2.05, 4.69) is 20.9 Å². The number of benzene rings is 2. The van der Waals surface area contributed by atoms with Crippen molar-refractivity contribution < 1.29 is 42.5 Å². The van der Waals surface area contributed by atoms with Gasteiger partial charge in [-0.25, -0.2) is 14.6 Å². The van der Waals surface area contributed by atoms with Crippen molar-refractivity contribution in [3.05, 3.63) is 90.1 Å². The Morgan fingerprint density at radius 3 is 2.48 bits per heavy atom. The van der Waals surface area contributed by atoms with Gasteiger partial charge in [0.05, 0.1) is 24.3 Å². The second-order valence-electron chi connectivity index (χ2n) is 10.2. The van der Waals surface area contributed by atoms with Gasteiger partial charge >= 0.3 is 12.1 Å². The van der Waals surface area contributed by atoms with Crippen molar-refractivity contribution in [2.24, 2.45) is 0 Å². The van der Waals surface area contributed by atoms with Gasteiger partial charge in [-0.15, -0.1) is 0 Å². The van der Waals surface area contributed by atoms with Crippen LogP contribution in [0.1, 0.15) is 22.3 Å². The molecule has 15 heteroatoms. The van der Waals surface area contributed by atoms with Crippen molar-refractivity contribution in [1.82, 2.24) is 20.5 Å². The van der Waals surface area contributed by atoms with Crippen LogP contribution in [0.25, 0.3) is 0 Å². The summed E-state index contributed by atoms with van der Waals surface area (Å²) in [6, 6.07) is 18.3. The Bertz CT molecular complexity index is 1470. The maximum atomic E-state index is 13.0. The number of hydrogen-bond acceptors (Lipinski definition) is 9. The van der Waals surface area contributed by atoms with Gasteiger partial charge < -0.3 is 35.4 Å². The van der Waals surface area contributed by atoms with E-state index in [9.17, 15) is 33.1 Å². The highest BCUT2D eigenvalue weighted by molar-refractivity contribution is 7.99. The van der Waals surface area contributed by atoms with Gasteiger partial charge in [-0.2, -0.15) is 8.78 Å². The van der Waals surface area contributed by atoms with Crippen LogP contribution in [0, 0.1) is 0 Å². The second-order valence-corrected chi connectivity index (χ2v) is 11.2. The number of pyridine rings is 1. The Balaban J connectivity index is 1.29. The van der Waals surface area contributed by atoms with Gasteiger partial charge in [0, 0.05) is 24.2 Å². The summed E-state index contributed by atoms with van der Waals surface area (Å²) in [6.45, 7) is -0.330. The number of carboxylic acid groups (broad SMARTS) is 1. The molecule has 4 N–H and O–H groups in total. The minimum atomic E-state index is -2.78. The number of hydrogen-bond donors (Lipinski definition) is 4. The van der Waals surface area contributed by atoms with E-state index >= 15 is 0 Å². The molecule has 1 unspecified atom stereocenters. The van der Waals surface area contributed by atoms with E-state index in [1.165, 1.54) is 29.2 Å². The molecule has 2 aromatic carbocycles. The molecule has 0 bridgehead atoms. The maximum absolute atomic E-state index is 13.0. The molecule has 1 aliphatic rings. The Morgan fingerprint density at radius 1 is 1.02 bits per heavy atom. The number of rotatable bonds is 15. The Hall–Kier alpha value is -4.76. The molecule has 3 aromatic rings. The molecule has 1 saturated heterocycles. The van der Waals surface area contributed by atoms with Gasteiger partial charge in [-0.3, -0.25) is 9.59 Å². The van der Waals surface area contributed by atoms with Gasteiger partial charge in [0.1, 0.15) is 25.1 Å². The number of alkyl halides is 2. The summed E-state index contributed by atoms with van der Waals surface area (Å²) in [7, 11) is 0. The molecule has 244 valence electrons. The monoisotopic (exact) mass is 657 g/mol. The molecule has 1 aromatic heterocycles. The highest BCUT2D eigenvalue weighted by atomic mass is 32.2. The van der Waals surface area contributed by atoms with Crippen LogP contribution < -0.4 is 16.0 Å². The summed E-state index contributed by atoms with van der Waals surface area (Å²) in [5, 5.41) is 17.4. The highest BCUT2D eigenvalue weighted by Crippen LogP contribution is 2.28. The lowest BCUT2D eigenvalue weighted by Gasteiger charge is -2.24. The summed E-state index contributed by atoms with van der Waals surface area (Å²) < 4.78 is 37.1. The molecule has 3 amide bonds. The lowest BCUT2D eigenvalue weighted by molar-refractivity contribution is -0.139. The second kappa shape index (κ2) is 17.1. The first-order valence-corrected chi connectivity index (χ1v) is 15.2. The molecule has 12 nitrogen and oxygen atoms in total. The fraction of sp³-hybridized carbons (Fsp3) is 0.323. The number of aliphatic carboxylic acids is 1. The number of nitrogens with zero attached hydrogens (tertiary/aromatic N) is 2. The van der Waals surface area contributed by atoms with Crippen LogP contribution in [-0.4, -0.2) is 89.1 Å². The first-order chi connectivity index (χ1) is 22.2. The third kappa shape index (κ3) is 10.4. The highest BCUT2D eigenvalue weighted by Gasteiger charge is 2.37. The Morgan fingerprint density at radius 2 is 1.76 bits per heavy atom. The van der Waals surface area contributed by atoms with Crippen molar-refractivity contribution in [2.45, 2.75) is 41.9 Å². The quantitative estimate of drug-likeness (QED) is 0.178. The summed E-state index contributed by atoms with van der Waals surface area (Å²) >= 11 is 0.164. The minimum absolute atomic E-state index is 0.0142. The average molecular weight is 658 g/mol.